The molecule has 3 aliphatic heterocycles. The number of phenols is 1. The maximum Gasteiger partial charge on any atom is 0.246 e. The highest BCUT2D eigenvalue weighted by Crippen LogP contribution is 2.54. The van der Waals surface area contributed by atoms with Crippen LogP contribution in [0.2, 0.25) is 0 Å². The molecule has 2 aromatic carbocycles. The molecule has 2 aromatic rings. The van der Waals surface area contributed by atoms with Crippen LogP contribution in [-0.2, 0) is 22.7 Å². The number of hydrogen-bond donors (Lipinski definition) is 3. The van der Waals surface area contributed by atoms with E-state index in [0.717, 1.165) is 30.8 Å². The molecule has 3 N–H and O–H groups in total. The van der Waals surface area contributed by atoms with Crippen LogP contribution in [0.3, 0.4) is 0 Å². The Balaban J connectivity index is 1.41. The van der Waals surface area contributed by atoms with Crippen LogP contribution in [-0.4, -0.2) is 47.1 Å². The highest BCUT2D eigenvalue weighted by atomic mass is 16.5. The molecule has 1 saturated carbocycles. The van der Waals surface area contributed by atoms with Crippen LogP contribution < -0.4 is 15.4 Å². The molecule has 3 saturated heterocycles. The average Bonchev–Trinajstić information content (AvgIpc) is 3.15. The van der Waals surface area contributed by atoms with Crippen LogP contribution >= 0.6 is 0 Å². The van der Waals surface area contributed by atoms with E-state index >= 15 is 0 Å². The fourth-order valence-corrected chi connectivity index (χ4v) is 6.67. The number of carbonyl (C=O) groups is 2. The van der Waals surface area contributed by atoms with Gasteiger partial charge >= 0.3 is 0 Å². The van der Waals surface area contributed by atoms with Crippen LogP contribution in [0.5, 0.6) is 11.5 Å². The van der Waals surface area contributed by atoms with Gasteiger partial charge in [-0.05, 0) is 60.1 Å². The van der Waals surface area contributed by atoms with Crippen molar-refractivity contribution in [2.75, 3.05) is 13.7 Å². The molecule has 2 amide bonds. The molecule has 7 nitrogen and oxygen atoms in total. The lowest BCUT2D eigenvalue weighted by Crippen LogP contribution is -2.75. The Morgan fingerprint density at radius 2 is 1.86 bits per heavy atom. The molecule has 5 atom stereocenters. The summed E-state index contributed by atoms with van der Waals surface area (Å²) in [5, 5.41) is 15.8. The summed E-state index contributed by atoms with van der Waals surface area (Å²) >= 11 is 0. The van der Waals surface area contributed by atoms with Gasteiger partial charge in [0.2, 0.25) is 11.8 Å². The Labute approximate surface area is 206 Å². The molecule has 0 radical (unpaired) electrons. The Morgan fingerprint density at radius 1 is 1.17 bits per heavy atom. The third kappa shape index (κ3) is 4.27. The first kappa shape index (κ1) is 23.7. The predicted octanol–water partition coefficient (Wildman–Crippen LogP) is 3.07. The van der Waals surface area contributed by atoms with Crippen molar-refractivity contribution in [3.05, 3.63) is 59.7 Å². The zero-order valence-electron chi connectivity index (χ0n) is 20.7. The van der Waals surface area contributed by atoms with E-state index in [1.807, 2.05) is 12.1 Å². The zero-order chi connectivity index (χ0) is 24.7. The number of amides is 2. The number of rotatable bonds is 8. The number of methoxy groups -OCH3 is 1. The molecule has 7 heteroatoms. The Hall–Kier alpha value is -3.06. The Kier molecular flexibility index (Phi) is 6.21. The van der Waals surface area contributed by atoms with E-state index in [4.69, 9.17) is 4.74 Å². The number of phenolic OH excluding ortho intramolecular Hbond substituents is 1. The average molecular weight is 478 g/mol. The minimum Gasteiger partial charge on any atom is -0.508 e. The second-order valence-corrected chi connectivity index (χ2v) is 10.8. The minimum atomic E-state index is -0.892. The molecular formula is C28H35N3O4. The predicted molar refractivity (Wildman–Crippen MR) is 133 cm³/mol. The summed E-state index contributed by atoms with van der Waals surface area (Å²) in [6, 6.07) is 15.0. The first-order chi connectivity index (χ1) is 16.8. The van der Waals surface area contributed by atoms with Gasteiger partial charge in [0.05, 0.1) is 13.0 Å². The molecule has 4 bridgehead atoms. The number of nitrogens with zero attached hydrogens (tertiary/aromatic N) is 1. The largest absolute Gasteiger partial charge is 0.508 e. The van der Waals surface area contributed by atoms with Gasteiger partial charge in [-0.25, -0.2) is 0 Å². The van der Waals surface area contributed by atoms with Crippen LogP contribution in [0.25, 0.3) is 0 Å². The van der Waals surface area contributed by atoms with Gasteiger partial charge in [-0.3, -0.25) is 14.5 Å². The normalized spacial score (nSPS) is 29.3. The number of benzene rings is 2. The number of fused-ring (bicyclic) bond motifs is 1. The van der Waals surface area contributed by atoms with Gasteiger partial charge in [0.25, 0.3) is 0 Å². The van der Waals surface area contributed by atoms with E-state index < -0.39 is 5.54 Å². The van der Waals surface area contributed by atoms with Gasteiger partial charge in [0.15, 0.2) is 0 Å². The van der Waals surface area contributed by atoms with Gasteiger partial charge in [-0.15, -0.1) is 0 Å². The molecule has 4 aliphatic rings. The van der Waals surface area contributed by atoms with E-state index in [0.29, 0.717) is 18.9 Å². The van der Waals surface area contributed by atoms with Crippen molar-refractivity contribution in [3.8, 4) is 11.5 Å². The zero-order valence-corrected chi connectivity index (χ0v) is 20.7. The number of hydrogen-bond acceptors (Lipinski definition) is 5. The topological polar surface area (TPSA) is 90.9 Å². The van der Waals surface area contributed by atoms with E-state index in [2.05, 4.69) is 41.5 Å². The molecule has 1 aliphatic carbocycles. The highest BCUT2D eigenvalue weighted by Gasteiger charge is 2.67. The van der Waals surface area contributed by atoms with E-state index in [-0.39, 0.29) is 41.4 Å². The van der Waals surface area contributed by atoms with Crippen molar-refractivity contribution in [3.63, 3.8) is 0 Å². The molecule has 4 fully saturated rings. The van der Waals surface area contributed by atoms with Gasteiger partial charge in [-0.1, -0.05) is 38.1 Å². The van der Waals surface area contributed by atoms with Crippen LogP contribution in [0.1, 0.15) is 37.8 Å². The molecule has 186 valence electrons. The Bertz CT molecular complexity index is 1080. The van der Waals surface area contributed by atoms with Gasteiger partial charge in [0.1, 0.15) is 17.0 Å². The number of ether oxygens (including phenoxy) is 1. The quantitative estimate of drug-likeness (QED) is 0.544. The lowest BCUT2D eigenvalue weighted by Gasteiger charge is -2.55. The monoisotopic (exact) mass is 477 g/mol. The number of aromatic hydroxyl groups is 1. The number of carbonyl (C=O) groups excluding carboxylic acids is 2. The third-order valence-electron chi connectivity index (χ3n) is 8.11. The van der Waals surface area contributed by atoms with Gasteiger partial charge in [-0.2, -0.15) is 0 Å². The van der Waals surface area contributed by atoms with Crippen molar-refractivity contribution in [1.29, 1.82) is 0 Å². The summed E-state index contributed by atoms with van der Waals surface area (Å²) < 4.78 is 5.30. The second-order valence-electron chi connectivity index (χ2n) is 10.8. The maximum atomic E-state index is 13.8. The van der Waals surface area contributed by atoms with Crippen LogP contribution in [0.15, 0.2) is 48.5 Å². The van der Waals surface area contributed by atoms with Crippen molar-refractivity contribution in [2.24, 2.45) is 23.7 Å². The molecular weight excluding hydrogens is 442 g/mol. The van der Waals surface area contributed by atoms with Crippen molar-refractivity contribution >= 4 is 11.8 Å². The highest BCUT2D eigenvalue weighted by molar-refractivity contribution is 5.96. The van der Waals surface area contributed by atoms with E-state index in [1.165, 1.54) is 5.56 Å². The van der Waals surface area contributed by atoms with Crippen LogP contribution in [0, 0.1) is 23.7 Å². The van der Waals surface area contributed by atoms with E-state index in [1.54, 1.807) is 31.4 Å². The summed E-state index contributed by atoms with van der Waals surface area (Å²) in [6.45, 7) is 6.32. The molecule has 6 rings (SSSR count). The summed E-state index contributed by atoms with van der Waals surface area (Å²) in [5.41, 5.74) is 1.20. The molecule has 35 heavy (non-hydrogen) atoms. The lowest BCUT2D eigenvalue weighted by atomic mass is 9.57. The fraction of sp³-hybridized carbons (Fsp3) is 0.500. The first-order valence-electron chi connectivity index (χ1n) is 12.6. The minimum absolute atomic E-state index is 0.0169. The number of likely N-dealkylation sites (tertiary alicyclic amines) is 1. The maximum absolute atomic E-state index is 13.8. The fourth-order valence-electron chi connectivity index (χ4n) is 6.67. The molecule has 0 aromatic heterocycles. The SMILES string of the molecule is COc1ccc(CN2CC3CC4(C(=O)NCc5ccc(O)cc5)NC(=O)C3C2C4CC(C)C)cc1. The van der Waals surface area contributed by atoms with Crippen molar-refractivity contribution < 1.29 is 19.4 Å². The molecule has 3 heterocycles. The van der Waals surface area contributed by atoms with Crippen molar-refractivity contribution in [1.82, 2.24) is 15.5 Å². The van der Waals surface area contributed by atoms with Gasteiger partial charge in [0, 0.05) is 31.6 Å². The first-order valence-corrected chi connectivity index (χ1v) is 12.6. The summed E-state index contributed by atoms with van der Waals surface area (Å²) in [5.74, 6) is 1.50. The van der Waals surface area contributed by atoms with Crippen molar-refractivity contribution in [2.45, 2.75) is 51.4 Å². The summed E-state index contributed by atoms with van der Waals surface area (Å²) in [7, 11) is 1.66. The second kappa shape index (κ2) is 9.19. The van der Waals surface area contributed by atoms with Gasteiger partial charge < -0.3 is 20.5 Å². The molecule has 0 spiro atoms. The number of piperidine rings is 2. The summed E-state index contributed by atoms with van der Waals surface area (Å²) in [4.78, 5) is 29.5. The smallest absolute Gasteiger partial charge is 0.246 e. The summed E-state index contributed by atoms with van der Waals surface area (Å²) in [6.07, 6.45) is 1.55. The third-order valence-corrected chi connectivity index (χ3v) is 8.11. The molecule has 5 unspecified atom stereocenters. The van der Waals surface area contributed by atoms with Crippen LogP contribution in [0.4, 0.5) is 0 Å². The lowest BCUT2D eigenvalue weighted by molar-refractivity contribution is -0.155. The Morgan fingerprint density at radius 3 is 2.51 bits per heavy atom. The standard InChI is InChI=1S/C28H35N3O4/c1-17(2)12-23-25-24-20(16-31(25)15-19-6-10-22(35-3)11-7-19)13-28(23,30-26(24)33)27(34)29-14-18-4-8-21(32)9-5-18/h4-11,17,20,23-25,32H,12-16H2,1-3H3,(H,29,34)(H,30,33). The van der Waals surface area contributed by atoms with E-state index in [9.17, 15) is 14.7 Å². The number of nitrogens with one attached hydrogen (secondary N) is 2.